The molecule has 7 heteroatoms. The molecule has 0 heterocycles. The van der Waals surface area contributed by atoms with E-state index in [0.717, 1.165) is 5.56 Å². The number of hydrogen-bond acceptors (Lipinski definition) is 4. The van der Waals surface area contributed by atoms with Gasteiger partial charge in [-0.15, -0.1) is 0 Å². The molecule has 0 aromatic heterocycles. The molecule has 0 spiro atoms. The third-order valence-corrected chi connectivity index (χ3v) is 3.87. The van der Waals surface area contributed by atoms with Crippen molar-refractivity contribution in [2.75, 3.05) is 6.61 Å². The molecule has 0 saturated carbocycles. The molecule has 0 aliphatic carbocycles. The molecule has 2 amide bonds. The number of carboxylic acid groups (broad SMARTS) is 1. The van der Waals surface area contributed by atoms with Crippen LogP contribution in [0.1, 0.15) is 28.8 Å². The fourth-order valence-electron chi connectivity index (χ4n) is 2.61. The molecule has 0 fully saturated rings. The van der Waals surface area contributed by atoms with Gasteiger partial charge in [-0.25, -0.2) is 0 Å². The van der Waals surface area contributed by atoms with Crippen molar-refractivity contribution >= 4 is 17.8 Å². The van der Waals surface area contributed by atoms with Gasteiger partial charge >= 0.3 is 5.97 Å². The van der Waals surface area contributed by atoms with E-state index in [-0.39, 0.29) is 30.4 Å². The number of primary amides is 1. The molecule has 0 saturated heterocycles. The summed E-state index contributed by atoms with van der Waals surface area (Å²) in [6.07, 6.45) is 0.738. The molecule has 2 aromatic rings. The summed E-state index contributed by atoms with van der Waals surface area (Å²) in [5.74, 6) is -1.73. The van der Waals surface area contributed by atoms with E-state index in [1.807, 2.05) is 30.3 Å². The smallest absolute Gasteiger partial charge is 0.303 e. The minimum atomic E-state index is -0.924. The number of carbonyl (C=O) groups excluding carboxylic acids is 2. The third-order valence-electron chi connectivity index (χ3n) is 3.87. The molecular formula is C20H22N2O5. The molecule has 2 aromatic carbocycles. The normalized spacial score (nSPS) is 11.4. The fourth-order valence-corrected chi connectivity index (χ4v) is 2.61. The molecule has 142 valence electrons. The highest BCUT2D eigenvalue weighted by atomic mass is 16.5. The van der Waals surface area contributed by atoms with Crippen molar-refractivity contribution < 1.29 is 24.2 Å². The van der Waals surface area contributed by atoms with E-state index in [1.54, 1.807) is 24.3 Å². The van der Waals surface area contributed by atoms with E-state index in [9.17, 15) is 14.4 Å². The first kappa shape index (κ1) is 20.0. The molecule has 1 atom stereocenters. The van der Waals surface area contributed by atoms with Crippen molar-refractivity contribution in [1.82, 2.24) is 5.32 Å². The highest BCUT2D eigenvalue weighted by Gasteiger charge is 2.18. The van der Waals surface area contributed by atoms with Crippen molar-refractivity contribution in [2.45, 2.75) is 25.3 Å². The zero-order valence-corrected chi connectivity index (χ0v) is 14.8. The van der Waals surface area contributed by atoms with Gasteiger partial charge in [0.2, 0.25) is 0 Å². The van der Waals surface area contributed by atoms with Crippen LogP contribution in [-0.2, 0) is 16.0 Å². The molecule has 4 N–H and O–H groups in total. The number of carboxylic acids is 1. The summed E-state index contributed by atoms with van der Waals surface area (Å²) >= 11 is 0. The van der Waals surface area contributed by atoms with Crippen molar-refractivity contribution in [3.63, 3.8) is 0 Å². The van der Waals surface area contributed by atoms with Crippen LogP contribution in [0.2, 0.25) is 0 Å². The van der Waals surface area contributed by atoms with E-state index < -0.39 is 17.8 Å². The Morgan fingerprint density at radius 3 is 2.37 bits per heavy atom. The largest absolute Gasteiger partial charge is 0.483 e. The van der Waals surface area contributed by atoms with Gasteiger partial charge in [0, 0.05) is 12.5 Å². The maximum Gasteiger partial charge on any atom is 0.303 e. The van der Waals surface area contributed by atoms with Gasteiger partial charge in [-0.2, -0.15) is 0 Å². The molecule has 2 rings (SSSR count). The molecule has 27 heavy (non-hydrogen) atoms. The van der Waals surface area contributed by atoms with E-state index in [0.29, 0.717) is 12.8 Å². The average molecular weight is 370 g/mol. The molecule has 0 radical (unpaired) electrons. The van der Waals surface area contributed by atoms with Gasteiger partial charge in [0.05, 0.1) is 5.56 Å². The average Bonchev–Trinajstić information content (AvgIpc) is 2.65. The predicted molar refractivity (Wildman–Crippen MR) is 99.4 cm³/mol. The molecule has 7 nitrogen and oxygen atoms in total. The molecule has 1 unspecified atom stereocenters. The number of nitrogens with one attached hydrogen (secondary N) is 1. The van der Waals surface area contributed by atoms with Crippen LogP contribution >= 0.6 is 0 Å². The Kier molecular flexibility index (Phi) is 7.37. The summed E-state index contributed by atoms with van der Waals surface area (Å²) < 4.78 is 5.29. The standard InChI is InChI=1S/C20H22N2O5/c21-18(23)13-27-17-9-5-4-8-16(17)20(26)22-15(10-11-19(24)25)12-14-6-2-1-3-7-14/h1-9,15H,10-13H2,(H2,21,23)(H,22,26)(H,24,25). The topological polar surface area (TPSA) is 119 Å². The van der Waals surface area contributed by atoms with E-state index in [2.05, 4.69) is 5.32 Å². The van der Waals surface area contributed by atoms with Crippen LogP contribution in [0.5, 0.6) is 5.75 Å². The first-order chi connectivity index (χ1) is 13.0. The van der Waals surface area contributed by atoms with Crippen molar-refractivity contribution in [1.29, 1.82) is 0 Å². The zero-order valence-electron chi connectivity index (χ0n) is 14.8. The quantitative estimate of drug-likeness (QED) is 0.589. The van der Waals surface area contributed by atoms with E-state index >= 15 is 0 Å². The Morgan fingerprint density at radius 2 is 1.70 bits per heavy atom. The highest BCUT2D eigenvalue weighted by Crippen LogP contribution is 2.18. The van der Waals surface area contributed by atoms with Crippen molar-refractivity contribution in [3.05, 3.63) is 65.7 Å². The Hall–Kier alpha value is -3.35. The Labute approximate surface area is 157 Å². The zero-order chi connectivity index (χ0) is 19.6. The second-order valence-corrected chi connectivity index (χ2v) is 6.04. The molecule has 0 bridgehead atoms. The third kappa shape index (κ3) is 6.81. The van der Waals surface area contributed by atoms with Crippen LogP contribution in [0.3, 0.4) is 0 Å². The van der Waals surface area contributed by atoms with Crippen LogP contribution in [0.15, 0.2) is 54.6 Å². The van der Waals surface area contributed by atoms with Crippen LogP contribution in [0, 0.1) is 0 Å². The lowest BCUT2D eigenvalue weighted by Gasteiger charge is -2.19. The lowest BCUT2D eigenvalue weighted by Crippen LogP contribution is -2.37. The van der Waals surface area contributed by atoms with Gasteiger partial charge in [0.1, 0.15) is 5.75 Å². The number of carbonyl (C=O) groups is 3. The molecule has 0 aliphatic rings. The van der Waals surface area contributed by atoms with Crippen molar-refractivity contribution in [2.24, 2.45) is 5.73 Å². The van der Waals surface area contributed by atoms with Crippen molar-refractivity contribution in [3.8, 4) is 5.75 Å². The fraction of sp³-hybridized carbons (Fsp3) is 0.250. The Bertz CT molecular complexity index is 792. The lowest BCUT2D eigenvalue weighted by molar-refractivity contribution is -0.137. The maximum atomic E-state index is 12.7. The summed E-state index contributed by atoms with van der Waals surface area (Å²) in [6.45, 7) is -0.337. The first-order valence-electron chi connectivity index (χ1n) is 8.52. The predicted octanol–water partition coefficient (Wildman–Crippen LogP) is 1.76. The number of benzene rings is 2. The monoisotopic (exact) mass is 370 g/mol. The Balaban J connectivity index is 2.12. The summed E-state index contributed by atoms with van der Waals surface area (Å²) in [6, 6.07) is 15.6. The second kappa shape index (κ2) is 9.96. The highest BCUT2D eigenvalue weighted by molar-refractivity contribution is 5.97. The van der Waals surface area contributed by atoms with Gasteiger partial charge < -0.3 is 20.9 Å². The Morgan fingerprint density at radius 1 is 1.04 bits per heavy atom. The maximum absolute atomic E-state index is 12.7. The number of para-hydroxylation sites is 1. The van der Waals surface area contributed by atoms with Crippen LogP contribution in [0.4, 0.5) is 0 Å². The number of aliphatic carboxylic acids is 1. The van der Waals surface area contributed by atoms with E-state index in [1.165, 1.54) is 0 Å². The summed E-state index contributed by atoms with van der Waals surface area (Å²) in [4.78, 5) is 34.6. The summed E-state index contributed by atoms with van der Waals surface area (Å²) in [5.41, 5.74) is 6.33. The van der Waals surface area contributed by atoms with Crippen LogP contribution < -0.4 is 15.8 Å². The number of nitrogens with two attached hydrogens (primary N) is 1. The van der Waals surface area contributed by atoms with Crippen LogP contribution in [-0.4, -0.2) is 35.5 Å². The van der Waals surface area contributed by atoms with Gasteiger partial charge in [0.15, 0.2) is 6.61 Å². The number of ether oxygens (including phenoxy) is 1. The first-order valence-corrected chi connectivity index (χ1v) is 8.52. The van der Waals surface area contributed by atoms with Gasteiger partial charge in [-0.1, -0.05) is 42.5 Å². The second-order valence-electron chi connectivity index (χ2n) is 6.04. The SMILES string of the molecule is NC(=O)COc1ccccc1C(=O)NC(CCC(=O)O)Cc1ccccc1. The van der Waals surface area contributed by atoms with Crippen LogP contribution in [0.25, 0.3) is 0 Å². The minimum absolute atomic E-state index is 0.0579. The number of hydrogen-bond donors (Lipinski definition) is 3. The number of amides is 2. The summed E-state index contributed by atoms with van der Waals surface area (Å²) in [7, 11) is 0. The molecule has 0 aliphatic heterocycles. The summed E-state index contributed by atoms with van der Waals surface area (Å²) in [5, 5.41) is 11.8. The minimum Gasteiger partial charge on any atom is -0.483 e. The van der Waals surface area contributed by atoms with Gasteiger partial charge in [-0.05, 0) is 30.5 Å². The molecular weight excluding hydrogens is 348 g/mol. The lowest BCUT2D eigenvalue weighted by atomic mass is 10.0. The van der Waals surface area contributed by atoms with Gasteiger partial charge in [0.25, 0.3) is 11.8 Å². The van der Waals surface area contributed by atoms with E-state index in [4.69, 9.17) is 15.6 Å². The van der Waals surface area contributed by atoms with Gasteiger partial charge in [-0.3, -0.25) is 14.4 Å². The number of rotatable bonds is 10.